The first-order valence-corrected chi connectivity index (χ1v) is 28.1. The van der Waals surface area contributed by atoms with E-state index in [-0.39, 0.29) is 92.7 Å². The largest absolute Gasteiger partial charge is 0.493 e. The van der Waals surface area contributed by atoms with Gasteiger partial charge in [0, 0.05) is 18.6 Å². The van der Waals surface area contributed by atoms with Crippen LogP contribution >= 0.6 is 0 Å². The molecule has 5 saturated heterocycles. The van der Waals surface area contributed by atoms with Gasteiger partial charge in [-0.1, -0.05) is 75.7 Å². The summed E-state index contributed by atoms with van der Waals surface area (Å²) in [5.41, 5.74) is 2.59. The van der Waals surface area contributed by atoms with Crippen molar-refractivity contribution in [3.8, 4) is 11.5 Å². The zero-order chi connectivity index (χ0) is 51.2. The normalized spacial score (nSPS) is 23.0. The molecule has 2 aromatic carbocycles. The lowest BCUT2D eigenvalue weighted by molar-refractivity contribution is -0.109. The summed E-state index contributed by atoms with van der Waals surface area (Å²) in [6.45, 7) is 22.8. The topological polar surface area (TPSA) is 164 Å². The van der Waals surface area contributed by atoms with Crippen LogP contribution in [-0.2, 0) is 72.7 Å². The fourth-order valence-electron chi connectivity index (χ4n) is 7.55. The molecule has 0 spiro atoms. The van der Waals surface area contributed by atoms with Gasteiger partial charge in [0.15, 0.2) is 0 Å². The molecule has 2 aromatic rings. The number of rotatable bonds is 41. The molecule has 466 valence electrons. The van der Waals surface area contributed by atoms with E-state index >= 15 is 0 Å². The van der Waals surface area contributed by atoms with Crippen molar-refractivity contribution in [2.45, 2.75) is 179 Å². The van der Waals surface area contributed by atoms with E-state index in [4.69, 9.17) is 75.8 Å². The van der Waals surface area contributed by atoms with E-state index in [0.29, 0.717) is 78.3 Å². The van der Waals surface area contributed by atoms with Crippen LogP contribution < -0.4 is 9.47 Å². The van der Waals surface area contributed by atoms with Crippen molar-refractivity contribution in [2.75, 3.05) is 139 Å². The Morgan fingerprint density at radius 1 is 0.400 bits per heavy atom. The summed E-state index contributed by atoms with van der Waals surface area (Å²) in [7, 11) is 0. The third kappa shape index (κ3) is 33.7. The maximum atomic E-state index is 6.00. The van der Waals surface area contributed by atoms with E-state index in [1.165, 1.54) is 49.7 Å². The molecule has 16 nitrogen and oxygen atoms in total. The van der Waals surface area contributed by atoms with Crippen LogP contribution in [0.4, 0.5) is 0 Å². The molecule has 8 unspecified atom stereocenters. The van der Waals surface area contributed by atoms with Crippen LogP contribution in [0.5, 0.6) is 11.5 Å². The molecule has 0 amide bonds. The summed E-state index contributed by atoms with van der Waals surface area (Å²) in [6, 6.07) is 16.8. The highest BCUT2D eigenvalue weighted by atomic mass is 16.6. The second-order valence-electron chi connectivity index (χ2n) is 22.1. The fraction of sp³-hybridized carbons (Fsp3) is 0.812. The Balaban J connectivity index is 0.000000401. The second kappa shape index (κ2) is 39.9. The fourth-order valence-corrected chi connectivity index (χ4v) is 7.55. The molecule has 5 heterocycles. The summed E-state index contributed by atoms with van der Waals surface area (Å²) >= 11 is 0. The second-order valence-corrected chi connectivity index (χ2v) is 22.1. The third-order valence-corrected chi connectivity index (χ3v) is 13.8. The van der Waals surface area contributed by atoms with E-state index in [0.717, 1.165) is 115 Å². The average molecular weight is 1140 g/mol. The van der Waals surface area contributed by atoms with Gasteiger partial charge in [-0.3, -0.25) is 0 Å². The SMILES string of the molecule is C.C.C.C.C.C.CC(COCC(COCC(C)OCC1CO1)OCC(C)OCC1CO1)OCC1CO1.CCC(COCC1CC1)(COCC1CC1)COCC1CO1.c1cc(OCC2CC2)ccc1Cc1ccc(OCC2CO2)cc1. The van der Waals surface area contributed by atoms with Crippen molar-refractivity contribution < 1.29 is 75.8 Å². The first-order valence-electron chi connectivity index (χ1n) is 28.1. The molecule has 0 aromatic heterocycles. The maximum Gasteiger partial charge on any atom is 0.119 e. The highest BCUT2D eigenvalue weighted by Crippen LogP contribution is 2.33. The first kappa shape index (κ1) is 73.6. The highest BCUT2D eigenvalue weighted by molar-refractivity contribution is 5.34. The van der Waals surface area contributed by atoms with Crippen LogP contribution in [0.2, 0.25) is 0 Å². The maximum absolute atomic E-state index is 6.00. The molecular formula is C64H114O16. The first-order chi connectivity index (χ1) is 36.2. The van der Waals surface area contributed by atoms with Gasteiger partial charge in [-0.15, -0.1) is 0 Å². The number of epoxide rings is 5. The van der Waals surface area contributed by atoms with Gasteiger partial charge < -0.3 is 75.8 Å². The molecule has 3 aliphatic carbocycles. The van der Waals surface area contributed by atoms with E-state index in [2.05, 4.69) is 43.3 Å². The van der Waals surface area contributed by atoms with Crippen molar-refractivity contribution in [1.29, 1.82) is 0 Å². The Morgan fingerprint density at radius 2 is 0.738 bits per heavy atom. The Morgan fingerprint density at radius 3 is 1.11 bits per heavy atom. The summed E-state index contributed by atoms with van der Waals surface area (Å²) in [5, 5.41) is 0. The zero-order valence-electron chi connectivity index (χ0n) is 45.1. The van der Waals surface area contributed by atoms with Gasteiger partial charge in [0.05, 0.1) is 137 Å². The van der Waals surface area contributed by atoms with E-state index < -0.39 is 0 Å². The minimum absolute atomic E-state index is 0. The molecule has 8 aliphatic rings. The highest BCUT2D eigenvalue weighted by Gasteiger charge is 2.34. The zero-order valence-corrected chi connectivity index (χ0v) is 45.1. The monoisotopic (exact) mass is 1140 g/mol. The van der Waals surface area contributed by atoms with Crippen molar-refractivity contribution in [2.24, 2.45) is 23.2 Å². The van der Waals surface area contributed by atoms with Crippen LogP contribution in [-0.4, -0.2) is 194 Å². The van der Waals surface area contributed by atoms with Gasteiger partial charge in [-0.2, -0.15) is 0 Å². The molecule has 3 saturated carbocycles. The molecule has 8 atom stereocenters. The predicted octanol–water partition coefficient (Wildman–Crippen LogP) is 11.1. The van der Waals surface area contributed by atoms with Crippen LogP contribution in [0, 0.1) is 23.2 Å². The lowest BCUT2D eigenvalue weighted by atomic mass is 9.88. The number of ether oxygens (including phenoxy) is 16. The standard InChI is InChI=1S/C21H38O9.C20H22O3.C17H30O4.6CH4/c1-15(24-9-19-12-28-19)4-22-7-18(27-6-17(3)26-11-21-14-30-21)8-23-5-16(2)25-10-20-13-29-20;1-2-17(1)12-21-18-7-3-15(4-8-18)11-16-5-9-19(10-6-16)22-13-20-14-23-20;1-2-17(11-18-7-14-3-4-14,12-19-8-15-5-6-15)13-20-9-16-10-21-16;;;;;;/h15-21H,4-14H2,1-3H3;3-10,17,20H,1-2,11-14H2;14-16H,2-13H2,1H3;6*1H4. The van der Waals surface area contributed by atoms with Crippen molar-refractivity contribution in [3.05, 3.63) is 59.7 Å². The van der Waals surface area contributed by atoms with E-state index in [1.807, 2.05) is 32.9 Å². The minimum atomic E-state index is -0.189. The Hall–Kier alpha value is -2.52. The molecule has 0 radical (unpaired) electrons. The molecule has 8 fully saturated rings. The number of hydrogen-bond donors (Lipinski definition) is 0. The Bertz CT molecular complexity index is 1660. The lowest BCUT2D eigenvalue weighted by Crippen LogP contribution is -2.37. The average Bonchev–Trinajstić information content (AvgIpc) is 4.23. The van der Waals surface area contributed by atoms with Gasteiger partial charge in [-0.25, -0.2) is 0 Å². The van der Waals surface area contributed by atoms with Crippen LogP contribution in [0.3, 0.4) is 0 Å². The van der Waals surface area contributed by atoms with Crippen molar-refractivity contribution in [1.82, 2.24) is 0 Å². The summed E-state index contributed by atoms with van der Waals surface area (Å²) < 4.78 is 89.8. The third-order valence-electron chi connectivity index (χ3n) is 13.8. The molecule has 0 N–H and O–H groups in total. The number of benzene rings is 2. The summed E-state index contributed by atoms with van der Waals surface area (Å²) in [6.07, 6.45) is 11.2. The van der Waals surface area contributed by atoms with Gasteiger partial charge in [0.25, 0.3) is 0 Å². The molecule has 16 heteroatoms. The molecular weight excluding hydrogens is 1020 g/mol. The van der Waals surface area contributed by atoms with Gasteiger partial charge in [0.2, 0.25) is 0 Å². The van der Waals surface area contributed by atoms with Gasteiger partial charge in [-0.05, 0) is 125 Å². The van der Waals surface area contributed by atoms with Crippen LogP contribution in [0.25, 0.3) is 0 Å². The van der Waals surface area contributed by atoms with Crippen molar-refractivity contribution >= 4 is 0 Å². The number of hydrogen-bond acceptors (Lipinski definition) is 16. The lowest BCUT2D eigenvalue weighted by Gasteiger charge is -2.32. The van der Waals surface area contributed by atoms with Crippen molar-refractivity contribution in [3.63, 3.8) is 0 Å². The quantitative estimate of drug-likeness (QED) is 0.0577. The van der Waals surface area contributed by atoms with Crippen LogP contribution in [0.15, 0.2) is 48.5 Å². The molecule has 5 aliphatic heterocycles. The minimum Gasteiger partial charge on any atom is -0.493 e. The van der Waals surface area contributed by atoms with E-state index in [9.17, 15) is 0 Å². The van der Waals surface area contributed by atoms with Gasteiger partial charge >= 0.3 is 0 Å². The molecule has 80 heavy (non-hydrogen) atoms. The van der Waals surface area contributed by atoms with Crippen LogP contribution in [0.1, 0.15) is 128 Å². The molecule has 0 bridgehead atoms. The predicted molar refractivity (Wildman–Crippen MR) is 317 cm³/mol. The van der Waals surface area contributed by atoms with Gasteiger partial charge in [0.1, 0.15) is 54.7 Å². The smallest absolute Gasteiger partial charge is 0.119 e. The summed E-state index contributed by atoms with van der Waals surface area (Å²) in [5.74, 6) is 4.31. The summed E-state index contributed by atoms with van der Waals surface area (Å²) in [4.78, 5) is 0. The Labute approximate surface area is 485 Å². The van der Waals surface area contributed by atoms with E-state index in [1.54, 1.807) is 0 Å². The molecule has 10 rings (SSSR count). The Kier molecular flexibility index (Phi) is 36.7.